The lowest BCUT2D eigenvalue weighted by molar-refractivity contribution is 0.699. The zero-order chi connectivity index (χ0) is 8.69. The molecule has 0 bridgehead atoms. The summed E-state index contributed by atoms with van der Waals surface area (Å²) < 4.78 is 0. The average molecular weight is 228 g/mol. The molecule has 0 heterocycles. The van der Waals surface area contributed by atoms with E-state index in [9.17, 15) is 0 Å². The second kappa shape index (κ2) is 8.02. The Morgan fingerprint density at radius 3 is 1.45 bits per heavy atom. The Morgan fingerprint density at radius 1 is 0.818 bits per heavy atom. The Hall–Kier alpha value is 1.40. The van der Waals surface area contributed by atoms with Gasteiger partial charge in [-0.15, -0.1) is 0 Å². The molecule has 0 amide bonds. The highest BCUT2D eigenvalue weighted by Gasteiger charge is 2.08. The van der Waals surface area contributed by atoms with Crippen molar-refractivity contribution >= 4 is 50.5 Å². The fourth-order valence-electron chi connectivity index (χ4n) is 0.848. The van der Waals surface area contributed by atoms with Crippen LogP contribution in [0.3, 0.4) is 0 Å². The first-order valence-electron chi connectivity index (χ1n) is 3.78. The highest BCUT2D eigenvalue weighted by Crippen LogP contribution is 2.16. The monoisotopic (exact) mass is 228 g/mol. The largest absolute Gasteiger partial charge is 0.179 e. The first-order chi connectivity index (χ1) is 5.20. The maximum atomic E-state index is 4.42. The molecule has 0 aromatic rings. The fourth-order valence-corrected chi connectivity index (χ4v) is 2.81. The van der Waals surface area contributed by atoms with Gasteiger partial charge >= 0.3 is 0 Å². The molecule has 11 heavy (non-hydrogen) atoms. The Kier molecular flexibility index (Phi) is 9.04. The van der Waals surface area contributed by atoms with Crippen LogP contribution in [0.2, 0.25) is 0 Å². The van der Waals surface area contributed by atoms with Crippen molar-refractivity contribution in [2.45, 2.75) is 29.8 Å². The maximum absolute atomic E-state index is 4.42. The van der Waals surface area contributed by atoms with Gasteiger partial charge < -0.3 is 0 Å². The molecule has 0 aromatic carbocycles. The van der Waals surface area contributed by atoms with Crippen molar-refractivity contribution in [1.82, 2.24) is 0 Å². The summed E-state index contributed by atoms with van der Waals surface area (Å²) in [7, 11) is 0. The predicted molar refractivity (Wildman–Crippen MR) is 67.1 cm³/mol. The van der Waals surface area contributed by atoms with Crippen LogP contribution in [0.5, 0.6) is 0 Å². The Labute approximate surface area is 91.5 Å². The molecule has 0 radical (unpaired) electrons. The van der Waals surface area contributed by atoms with E-state index in [1.165, 1.54) is 0 Å². The van der Waals surface area contributed by atoms with Crippen molar-refractivity contribution in [3.63, 3.8) is 0 Å². The quantitative estimate of drug-likeness (QED) is 0.494. The van der Waals surface area contributed by atoms with Crippen molar-refractivity contribution in [3.05, 3.63) is 0 Å². The summed E-state index contributed by atoms with van der Waals surface area (Å²) in [5, 5.41) is 0.907. The molecule has 0 N–H and O–H groups in total. The third-order valence-corrected chi connectivity index (χ3v) is 2.92. The lowest BCUT2D eigenvalue weighted by Gasteiger charge is -2.13. The van der Waals surface area contributed by atoms with Gasteiger partial charge in [0.05, 0.1) is 0 Å². The highest BCUT2D eigenvalue weighted by atomic mass is 32.1. The standard InChI is InChI=1S/C7H16S4/c8-3-1-6(10)5-7(11)2-4-9/h6-11H,1-5H2. The second-order valence-electron chi connectivity index (χ2n) is 2.57. The van der Waals surface area contributed by atoms with Crippen LogP contribution in [-0.4, -0.2) is 22.0 Å². The maximum Gasteiger partial charge on any atom is 0.00350 e. The topological polar surface area (TPSA) is 0 Å². The molecule has 4 heteroatoms. The van der Waals surface area contributed by atoms with Crippen LogP contribution in [0, 0.1) is 0 Å². The van der Waals surface area contributed by atoms with Crippen LogP contribution >= 0.6 is 50.5 Å². The highest BCUT2D eigenvalue weighted by molar-refractivity contribution is 7.82. The molecule has 0 aliphatic rings. The van der Waals surface area contributed by atoms with Crippen molar-refractivity contribution in [2.75, 3.05) is 11.5 Å². The molecule has 0 aliphatic heterocycles. The SMILES string of the molecule is SCCC(S)CC(S)CCS. The molecule has 0 rings (SSSR count). The molecular formula is C7H16S4. The Balaban J connectivity index is 3.32. The van der Waals surface area contributed by atoms with Crippen molar-refractivity contribution in [2.24, 2.45) is 0 Å². The van der Waals surface area contributed by atoms with Crippen molar-refractivity contribution < 1.29 is 0 Å². The second-order valence-corrected chi connectivity index (χ2v) is 4.92. The van der Waals surface area contributed by atoms with Crippen molar-refractivity contribution in [3.8, 4) is 0 Å². The third-order valence-electron chi connectivity index (χ3n) is 1.47. The van der Waals surface area contributed by atoms with E-state index in [1.807, 2.05) is 0 Å². The summed E-state index contributed by atoms with van der Waals surface area (Å²) in [6.07, 6.45) is 3.19. The average Bonchev–Trinajstić information content (AvgIpc) is 1.87. The van der Waals surface area contributed by atoms with Gasteiger partial charge in [0, 0.05) is 10.5 Å². The normalized spacial score (nSPS) is 16.4. The Bertz CT molecular complexity index is 76.5. The van der Waals surface area contributed by atoms with Crippen LogP contribution in [0.25, 0.3) is 0 Å². The van der Waals surface area contributed by atoms with Crippen LogP contribution < -0.4 is 0 Å². The van der Waals surface area contributed by atoms with Gasteiger partial charge in [-0.25, -0.2) is 0 Å². The zero-order valence-corrected chi connectivity index (χ0v) is 10.1. The van der Waals surface area contributed by atoms with Gasteiger partial charge in [0.25, 0.3) is 0 Å². The van der Waals surface area contributed by atoms with Gasteiger partial charge in [-0.05, 0) is 30.8 Å². The molecular weight excluding hydrogens is 212 g/mol. The third kappa shape index (κ3) is 7.75. The summed E-state index contributed by atoms with van der Waals surface area (Å²) in [6.45, 7) is 0. The molecule has 0 saturated carbocycles. The van der Waals surface area contributed by atoms with Gasteiger partial charge in [0.2, 0.25) is 0 Å². The molecule has 0 spiro atoms. The Morgan fingerprint density at radius 2 is 1.18 bits per heavy atom. The molecule has 2 unspecified atom stereocenters. The summed E-state index contributed by atoms with van der Waals surface area (Å²) in [5.74, 6) is 1.82. The van der Waals surface area contributed by atoms with Crippen LogP contribution in [0.1, 0.15) is 19.3 Å². The minimum absolute atomic E-state index is 0.454. The molecule has 0 saturated heterocycles. The lowest BCUT2D eigenvalue weighted by atomic mass is 10.1. The molecule has 2 atom stereocenters. The van der Waals surface area contributed by atoms with E-state index in [4.69, 9.17) is 0 Å². The molecule has 0 aromatic heterocycles. The smallest absolute Gasteiger partial charge is 0.00350 e. The molecule has 0 nitrogen and oxygen atoms in total. The van der Waals surface area contributed by atoms with Crippen LogP contribution in [-0.2, 0) is 0 Å². The molecule has 0 fully saturated rings. The number of rotatable bonds is 6. The summed E-state index contributed by atoms with van der Waals surface area (Å²) >= 11 is 17.1. The van der Waals surface area contributed by atoms with Gasteiger partial charge in [0.1, 0.15) is 0 Å². The minimum Gasteiger partial charge on any atom is -0.179 e. The van der Waals surface area contributed by atoms with Gasteiger partial charge in [-0.1, -0.05) is 0 Å². The first kappa shape index (κ1) is 12.4. The number of thiol groups is 4. The lowest BCUT2D eigenvalue weighted by Crippen LogP contribution is -2.09. The van der Waals surface area contributed by atoms with Crippen molar-refractivity contribution in [1.29, 1.82) is 0 Å². The van der Waals surface area contributed by atoms with E-state index in [-0.39, 0.29) is 0 Å². The zero-order valence-electron chi connectivity index (χ0n) is 6.48. The minimum atomic E-state index is 0.454. The predicted octanol–water partition coefficient (Wildman–Crippen LogP) is 2.61. The summed E-state index contributed by atoms with van der Waals surface area (Å²) in [4.78, 5) is 0. The van der Waals surface area contributed by atoms with E-state index < -0.39 is 0 Å². The van der Waals surface area contributed by atoms with Gasteiger partial charge in [-0.2, -0.15) is 50.5 Å². The van der Waals surface area contributed by atoms with Gasteiger partial charge in [-0.3, -0.25) is 0 Å². The van der Waals surface area contributed by atoms with Crippen LogP contribution in [0.4, 0.5) is 0 Å². The van der Waals surface area contributed by atoms with Crippen LogP contribution in [0.15, 0.2) is 0 Å². The summed E-state index contributed by atoms with van der Waals surface area (Å²) in [6, 6.07) is 0. The molecule has 0 aliphatic carbocycles. The number of hydrogen-bond acceptors (Lipinski definition) is 4. The van der Waals surface area contributed by atoms with E-state index in [1.54, 1.807) is 0 Å². The van der Waals surface area contributed by atoms with E-state index >= 15 is 0 Å². The van der Waals surface area contributed by atoms with E-state index in [2.05, 4.69) is 50.5 Å². The van der Waals surface area contributed by atoms with Gasteiger partial charge in [0.15, 0.2) is 0 Å². The number of hydrogen-bond donors (Lipinski definition) is 4. The first-order valence-corrected chi connectivity index (χ1v) is 6.08. The van der Waals surface area contributed by atoms with E-state index in [0.29, 0.717) is 10.5 Å². The summed E-state index contributed by atoms with van der Waals surface area (Å²) in [5.41, 5.74) is 0. The fraction of sp³-hybridized carbons (Fsp3) is 1.00. The molecule has 68 valence electrons. The van der Waals surface area contributed by atoms with E-state index in [0.717, 1.165) is 30.8 Å².